The third-order valence-electron chi connectivity index (χ3n) is 2.82. The molecule has 0 unspecified atom stereocenters. The van der Waals surface area contributed by atoms with E-state index in [-0.39, 0.29) is 16.7 Å². The van der Waals surface area contributed by atoms with Gasteiger partial charge in [0.1, 0.15) is 5.15 Å². The van der Waals surface area contributed by atoms with E-state index in [0.717, 1.165) is 5.69 Å². The summed E-state index contributed by atoms with van der Waals surface area (Å²) in [5.74, 6) is 0. The molecule has 8 heteroatoms. The Labute approximate surface area is 123 Å². The van der Waals surface area contributed by atoms with Crippen molar-refractivity contribution in [2.45, 2.75) is 18.5 Å². The number of aromatic nitrogens is 3. The van der Waals surface area contributed by atoms with Gasteiger partial charge in [-0.3, -0.25) is 4.98 Å². The predicted molar refractivity (Wildman–Crippen MR) is 75.8 cm³/mol. The minimum Gasteiger partial charge on any atom is -0.324 e. The van der Waals surface area contributed by atoms with Crippen LogP contribution in [0, 0.1) is 6.92 Å². The van der Waals surface area contributed by atoms with Crippen molar-refractivity contribution in [2.75, 3.05) is 7.05 Å². The van der Waals surface area contributed by atoms with Crippen molar-refractivity contribution in [3.63, 3.8) is 0 Å². The number of halogens is 1. The summed E-state index contributed by atoms with van der Waals surface area (Å²) in [6, 6.07) is 5.47. The van der Waals surface area contributed by atoms with Crippen molar-refractivity contribution in [1.29, 1.82) is 0 Å². The summed E-state index contributed by atoms with van der Waals surface area (Å²) in [5.41, 5.74) is 1.51. The molecule has 0 bridgehead atoms. The summed E-state index contributed by atoms with van der Waals surface area (Å²) in [6.07, 6.45) is 1.37. The molecule has 0 radical (unpaired) electrons. The highest BCUT2D eigenvalue weighted by molar-refractivity contribution is 7.89. The van der Waals surface area contributed by atoms with Crippen molar-refractivity contribution >= 4 is 21.6 Å². The molecule has 0 aromatic carbocycles. The Morgan fingerprint density at radius 3 is 2.65 bits per heavy atom. The van der Waals surface area contributed by atoms with Crippen LogP contribution in [-0.4, -0.2) is 34.3 Å². The summed E-state index contributed by atoms with van der Waals surface area (Å²) >= 11 is 5.94. The van der Waals surface area contributed by atoms with Gasteiger partial charge in [-0.25, -0.2) is 13.4 Å². The summed E-state index contributed by atoms with van der Waals surface area (Å²) < 4.78 is 27.4. The molecule has 6 nitrogen and oxygen atoms in total. The third kappa shape index (κ3) is 2.84. The molecule has 2 aromatic rings. The summed E-state index contributed by atoms with van der Waals surface area (Å²) in [6.45, 7) is 2.02. The van der Waals surface area contributed by atoms with Crippen LogP contribution >= 0.6 is 11.6 Å². The Hall–Kier alpha value is -1.44. The highest BCUT2D eigenvalue weighted by Crippen LogP contribution is 2.22. The number of sulfonamides is 1. The van der Waals surface area contributed by atoms with Crippen molar-refractivity contribution < 1.29 is 8.42 Å². The summed E-state index contributed by atoms with van der Waals surface area (Å²) in [4.78, 5) is 8.13. The van der Waals surface area contributed by atoms with E-state index in [1.807, 2.05) is 19.1 Å². The number of nitrogens with zero attached hydrogens (tertiary/aromatic N) is 4. The van der Waals surface area contributed by atoms with E-state index in [2.05, 4.69) is 9.97 Å². The topological polar surface area (TPSA) is 68.1 Å². The van der Waals surface area contributed by atoms with Crippen LogP contribution in [0.2, 0.25) is 5.15 Å². The van der Waals surface area contributed by atoms with Crippen molar-refractivity contribution in [3.8, 4) is 0 Å². The van der Waals surface area contributed by atoms with E-state index in [9.17, 15) is 8.42 Å². The highest BCUT2D eigenvalue weighted by atomic mass is 35.5. The zero-order chi connectivity index (χ0) is 14.9. The lowest BCUT2D eigenvalue weighted by Crippen LogP contribution is -2.27. The second-order valence-electron chi connectivity index (χ2n) is 4.48. The number of pyridine rings is 1. The van der Waals surface area contributed by atoms with Gasteiger partial charge < -0.3 is 4.57 Å². The molecule has 2 rings (SSSR count). The van der Waals surface area contributed by atoms with Crippen LogP contribution in [0.3, 0.4) is 0 Å². The van der Waals surface area contributed by atoms with Gasteiger partial charge >= 0.3 is 0 Å². The third-order valence-corrected chi connectivity index (χ3v) is 5.11. The Balaban J connectivity index is 2.28. The fraction of sp³-hybridized carbons (Fsp3) is 0.333. The Morgan fingerprint density at radius 2 is 2.10 bits per heavy atom. The van der Waals surface area contributed by atoms with Gasteiger partial charge in [0.2, 0.25) is 5.03 Å². The molecule has 0 spiro atoms. The van der Waals surface area contributed by atoms with Gasteiger partial charge in [-0.1, -0.05) is 17.7 Å². The highest BCUT2D eigenvalue weighted by Gasteiger charge is 2.27. The maximum absolute atomic E-state index is 12.4. The monoisotopic (exact) mass is 314 g/mol. The second kappa shape index (κ2) is 5.51. The first-order valence-corrected chi connectivity index (χ1v) is 7.70. The first-order valence-electron chi connectivity index (χ1n) is 5.88. The smallest absolute Gasteiger partial charge is 0.263 e. The van der Waals surface area contributed by atoms with E-state index < -0.39 is 10.0 Å². The van der Waals surface area contributed by atoms with E-state index in [4.69, 9.17) is 11.6 Å². The molecule has 2 aromatic heterocycles. The predicted octanol–water partition coefficient (Wildman–Crippen LogP) is 1.60. The van der Waals surface area contributed by atoms with E-state index in [1.54, 1.807) is 13.1 Å². The van der Waals surface area contributed by atoms with Crippen LogP contribution in [0.15, 0.2) is 29.6 Å². The number of aryl methyl sites for hydroxylation is 2. The number of rotatable bonds is 4. The van der Waals surface area contributed by atoms with E-state index >= 15 is 0 Å². The van der Waals surface area contributed by atoms with Gasteiger partial charge in [-0.05, 0) is 19.1 Å². The van der Waals surface area contributed by atoms with Crippen LogP contribution in [0.5, 0.6) is 0 Å². The first kappa shape index (κ1) is 15.0. The maximum Gasteiger partial charge on any atom is 0.263 e. The lowest BCUT2D eigenvalue weighted by atomic mass is 10.3. The van der Waals surface area contributed by atoms with Crippen molar-refractivity contribution in [1.82, 2.24) is 18.8 Å². The number of imidazole rings is 1. The van der Waals surface area contributed by atoms with Gasteiger partial charge in [-0.2, -0.15) is 4.31 Å². The maximum atomic E-state index is 12.4. The Morgan fingerprint density at radius 1 is 1.40 bits per heavy atom. The zero-order valence-electron chi connectivity index (χ0n) is 11.4. The van der Waals surface area contributed by atoms with Gasteiger partial charge in [-0.15, -0.1) is 0 Å². The molecule has 0 saturated heterocycles. The average Bonchev–Trinajstić information content (AvgIpc) is 2.70. The Bertz CT molecular complexity index is 727. The van der Waals surface area contributed by atoms with E-state index in [1.165, 1.54) is 22.2 Å². The minimum atomic E-state index is -3.73. The average molecular weight is 315 g/mol. The molecule has 0 amide bonds. The lowest BCUT2D eigenvalue weighted by Gasteiger charge is -2.15. The fourth-order valence-electron chi connectivity index (χ4n) is 1.72. The molecule has 0 aliphatic heterocycles. The molecule has 0 aliphatic carbocycles. The quantitative estimate of drug-likeness (QED) is 0.859. The minimum absolute atomic E-state index is 0.0917. The normalized spacial score (nSPS) is 12.1. The summed E-state index contributed by atoms with van der Waals surface area (Å²) in [7, 11) is -0.618. The zero-order valence-corrected chi connectivity index (χ0v) is 13.0. The van der Waals surface area contributed by atoms with E-state index in [0.29, 0.717) is 5.69 Å². The van der Waals surface area contributed by atoms with Crippen LogP contribution in [0.4, 0.5) is 0 Å². The number of hydrogen-bond acceptors (Lipinski definition) is 4. The lowest BCUT2D eigenvalue weighted by molar-refractivity contribution is 0.459. The van der Waals surface area contributed by atoms with Crippen LogP contribution in [-0.2, 0) is 23.6 Å². The van der Waals surface area contributed by atoms with Crippen molar-refractivity contribution in [3.05, 3.63) is 41.1 Å². The molecule has 0 aliphatic rings. The SMILES string of the molecule is Cc1cccc(CN(C)S(=O)(=O)c2ncn(C)c2Cl)n1. The molecule has 0 N–H and O–H groups in total. The molecular weight excluding hydrogens is 300 g/mol. The molecule has 2 heterocycles. The summed E-state index contributed by atoms with van der Waals surface area (Å²) in [5, 5.41) is -0.0501. The van der Waals surface area contributed by atoms with Gasteiger partial charge in [0.25, 0.3) is 10.0 Å². The van der Waals surface area contributed by atoms with Gasteiger partial charge in [0.15, 0.2) is 0 Å². The standard InChI is InChI=1S/C12H15ClN4O2S/c1-9-5-4-6-10(15-9)7-17(3)20(18,19)12-11(13)16(2)8-14-12/h4-6,8H,7H2,1-3H3. The second-order valence-corrected chi connectivity index (χ2v) is 6.80. The van der Waals surface area contributed by atoms with Gasteiger partial charge in [0, 0.05) is 19.8 Å². The fourth-order valence-corrected chi connectivity index (χ4v) is 3.23. The molecular formula is C12H15ClN4O2S. The molecule has 20 heavy (non-hydrogen) atoms. The molecule has 0 atom stereocenters. The van der Waals surface area contributed by atoms with Crippen molar-refractivity contribution in [2.24, 2.45) is 7.05 Å². The van der Waals surface area contributed by atoms with Crippen LogP contribution in [0.1, 0.15) is 11.4 Å². The van der Waals surface area contributed by atoms with Gasteiger partial charge in [0.05, 0.1) is 18.6 Å². The first-order chi connectivity index (χ1) is 9.32. The molecule has 0 saturated carbocycles. The number of hydrogen-bond donors (Lipinski definition) is 0. The molecule has 0 fully saturated rings. The largest absolute Gasteiger partial charge is 0.324 e. The Kier molecular flexibility index (Phi) is 4.12. The van der Waals surface area contributed by atoms with Crippen LogP contribution < -0.4 is 0 Å². The molecule has 108 valence electrons. The van der Waals surface area contributed by atoms with Crippen LogP contribution in [0.25, 0.3) is 0 Å².